The Morgan fingerprint density at radius 1 is 1.10 bits per heavy atom. The predicted octanol–water partition coefficient (Wildman–Crippen LogP) is 5.95. The van der Waals surface area contributed by atoms with Crippen LogP contribution >= 0.6 is 0 Å². The van der Waals surface area contributed by atoms with Crippen LogP contribution in [-0.4, -0.2) is 26.5 Å². The van der Waals surface area contributed by atoms with Crippen LogP contribution in [0.1, 0.15) is 72.6 Å². The van der Waals surface area contributed by atoms with Gasteiger partial charge in [-0.1, -0.05) is 33.8 Å². The molecule has 0 aliphatic heterocycles. The number of hydrogen-bond acceptors (Lipinski definition) is 3. The quantitative estimate of drug-likeness (QED) is 0.534. The number of rotatable bonds is 3. The highest BCUT2D eigenvalue weighted by molar-refractivity contribution is 6.74. The summed E-state index contributed by atoms with van der Waals surface area (Å²) < 4.78 is 6.84. The average Bonchev–Trinajstić information content (AvgIpc) is 2.94. The van der Waals surface area contributed by atoms with Crippen LogP contribution in [0.2, 0.25) is 18.1 Å². The molecule has 0 aromatic rings. The van der Waals surface area contributed by atoms with Crippen molar-refractivity contribution in [3.8, 4) is 0 Å². The van der Waals surface area contributed by atoms with Gasteiger partial charge in [0.1, 0.15) is 5.78 Å². The lowest BCUT2D eigenvalue weighted by Crippen LogP contribution is -2.56. The molecule has 0 heterocycles. The molecule has 0 radical (unpaired) electrons. The van der Waals surface area contributed by atoms with E-state index in [-0.39, 0.29) is 21.7 Å². The topological polar surface area (TPSA) is 43.4 Å². The minimum Gasteiger partial charge on any atom is -0.416 e. The van der Waals surface area contributed by atoms with Crippen molar-refractivity contribution in [1.29, 1.82) is 0 Å². The minimum absolute atomic E-state index is 0.0146. The Hall–Kier alpha value is -0.743. The Morgan fingerprint density at radius 2 is 1.83 bits per heavy atom. The highest BCUT2D eigenvalue weighted by atomic mass is 28.4. The largest absolute Gasteiger partial charge is 0.416 e. The van der Waals surface area contributed by atoms with E-state index in [0.29, 0.717) is 35.9 Å². The van der Waals surface area contributed by atoms with E-state index in [1.165, 1.54) is 6.42 Å². The van der Waals surface area contributed by atoms with Crippen LogP contribution in [0.25, 0.3) is 0 Å². The van der Waals surface area contributed by atoms with Crippen LogP contribution in [0.4, 0.5) is 0 Å². The molecule has 3 saturated carbocycles. The first-order valence-electron chi connectivity index (χ1n) is 11.8. The molecule has 4 aliphatic carbocycles. The molecule has 0 unspecified atom stereocenters. The molecule has 0 spiro atoms. The predicted molar refractivity (Wildman–Crippen MR) is 119 cm³/mol. The van der Waals surface area contributed by atoms with Crippen molar-refractivity contribution in [2.24, 2.45) is 34.5 Å². The molecular formula is C25H40O3Si. The highest BCUT2D eigenvalue weighted by Crippen LogP contribution is 2.64. The fourth-order valence-electron chi connectivity index (χ4n) is 7.00. The fraction of sp³-hybridized carbons (Fsp3) is 0.840. The molecule has 3 nitrogen and oxygen atoms in total. The maximum absolute atomic E-state index is 12.7. The van der Waals surface area contributed by atoms with E-state index < -0.39 is 8.32 Å². The number of fused-ring (bicyclic) bond motifs is 5. The minimum atomic E-state index is -1.87. The van der Waals surface area contributed by atoms with Gasteiger partial charge in [0.2, 0.25) is 0 Å². The van der Waals surface area contributed by atoms with Crippen molar-refractivity contribution < 1.29 is 14.0 Å². The molecule has 0 aromatic heterocycles. The van der Waals surface area contributed by atoms with Gasteiger partial charge in [-0.05, 0) is 80.0 Å². The van der Waals surface area contributed by atoms with Gasteiger partial charge in [0, 0.05) is 30.3 Å². The molecule has 4 heteroatoms. The Morgan fingerprint density at radius 3 is 2.52 bits per heavy atom. The van der Waals surface area contributed by atoms with Crippen molar-refractivity contribution in [2.75, 3.05) is 6.61 Å². The SMILES string of the molecule is CC(C)(C)[Si](C)(C)OC[C@]12C=CC(=O)C[C@@H]1CC[C@@H]1[C@@H]2CC[C@]2(C)C(=O)CC[C@@H]12. The Kier molecular flexibility index (Phi) is 5.10. The van der Waals surface area contributed by atoms with Gasteiger partial charge in [-0.3, -0.25) is 9.59 Å². The van der Waals surface area contributed by atoms with Gasteiger partial charge >= 0.3 is 0 Å². The molecule has 6 atom stereocenters. The summed E-state index contributed by atoms with van der Waals surface area (Å²) in [4.78, 5) is 25.0. The number of hydrogen-bond donors (Lipinski definition) is 0. The fourth-order valence-corrected chi connectivity index (χ4v) is 8.04. The molecule has 0 amide bonds. The molecule has 0 aromatic carbocycles. The summed E-state index contributed by atoms with van der Waals surface area (Å²) in [6.07, 6.45) is 11.1. The van der Waals surface area contributed by atoms with Gasteiger partial charge in [0.25, 0.3) is 0 Å². The normalized spacial score (nSPS) is 42.4. The Labute approximate surface area is 178 Å². The molecule has 0 N–H and O–H groups in total. The first kappa shape index (κ1) is 21.5. The number of allylic oxidation sites excluding steroid dienone is 1. The van der Waals surface area contributed by atoms with E-state index in [2.05, 4.69) is 46.9 Å². The van der Waals surface area contributed by atoms with E-state index in [4.69, 9.17) is 4.43 Å². The van der Waals surface area contributed by atoms with Gasteiger partial charge in [-0.2, -0.15) is 0 Å². The molecular weight excluding hydrogens is 376 g/mol. The molecule has 0 saturated heterocycles. The molecule has 29 heavy (non-hydrogen) atoms. The molecule has 0 bridgehead atoms. The van der Waals surface area contributed by atoms with E-state index in [1.807, 2.05) is 6.08 Å². The maximum Gasteiger partial charge on any atom is 0.192 e. The second-order valence-corrected chi connectivity index (χ2v) is 17.0. The summed E-state index contributed by atoms with van der Waals surface area (Å²) >= 11 is 0. The van der Waals surface area contributed by atoms with Gasteiger partial charge in [-0.25, -0.2) is 0 Å². The van der Waals surface area contributed by atoms with Crippen LogP contribution in [0.3, 0.4) is 0 Å². The smallest absolute Gasteiger partial charge is 0.192 e. The summed E-state index contributed by atoms with van der Waals surface area (Å²) in [6, 6.07) is 0. The van der Waals surface area contributed by atoms with Gasteiger partial charge in [-0.15, -0.1) is 0 Å². The summed E-state index contributed by atoms with van der Waals surface area (Å²) in [5.74, 6) is 2.90. The Balaban J connectivity index is 1.67. The number of carbonyl (C=O) groups is 2. The highest BCUT2D eigenvalue weighted by Gasteiger charge is 2.61. The second-order valence-electron chi connectivity index (χ2n) is 12.2. The average molecular weight is 417 g/mol. The molecule has 4 rings (SSSR count). The first-order valence-corrected chi connectivity index (χ1v) is 14.7. The third-order valence-corrected chi connectivity index (χ3v) is 14.4. The Bertz CT molecular complexity index is 733. The number of carbonyl (C=O) groups excluding carboxylic acids is 2. The van der Waals surface area contributed by atoms with Crippen molar-refractivity contribution in [2.45, 2.75) is 90.8 Å². The summed E-state index contributed by atoms with van der Waals surface area (Å²) in [6.45, 7) is 14.6. The molecule has 4 aliphatic rings. The third-order valence-electron chi connectivity index (χ3n) is 9.96. The lowest BCUT2D eigenvalue weighted by molar-refractivity contribution is -0.138. The summed E-state index contributed by atoms with van der Waals surface area (Å²) in [7, 11) is -1.87. The van der Waals surface area contributed by atoms with E-state index in [9.17, 15) is 9.59 Å². The number of Topliss-reactive ketones (excluding diaryl/α,β-unsaturated/α-hetero) is 1. The van der Waals surface area contributed by atoms with Crippen LogP contribution in [0.5, 0.6) is 0 Å². The standard InChI is InChI=1S/C25H40O3Si/c1-23(2,3)29(5,6)28-16-25-14-11-18(26)15-17(25)7-8-19-20-9-10-22(27)24(20,4)13-12-21(19)25/h11,14,17,19-21H,7-10,12-13,15-16H2,1-6H3/t17-,19-,20-,21-,24-,25+/m0/s1. The van der Waals surface area contributed by atoms with Crippen molar-refractivity contribution in [3.63, 3.8) is 0 Å². The van der Waals surface area contributed by atoms with Crippen LogP contribution in [0, 0.1) is 34.5 Å². The zero-order chi connectivity index (χ0) is 21.2. The zero-order valence-electron chi connectivity index (χ0n) is 19.3. The summed E-state index contributed by atoms with van der Waals surface area (Å²) in [5.41, 5.74) is -0.108. The van der Waals surface area contributed by atoms with Crippen molar-refractivity contribution in [3.05, 3.63) is 12.2 Å². The van der Waals surface area contributed by atoms with Crippen LogP contribution in [-0.2, 0) is 14.0 Å². The van der Waals surface area contributed by atoms with Crippen molar-refractivity contribution >= 4 is 19.9 Å². The van der Waals surface area contributed by atoms with Crippen LogP contribution < -0.4 is 0 Å². The second kappa shape index (κ2) is 6.88. The van der Waals surface area contributed by atoms with E-state index >= 15 is 0 Å². The lowest BCUT2D eigenvalue weighted by atomic mass is 9.46. The van der Waals surface area contributed by atoms with E-state index in [1.54, 1.807) is 0 Å². The molecule has 3 fully saturated rings. The summed E-state index contributed by atoms with van der Waals surface area (Å²) in [5, 5.41) is 0.185. The third kappa shape index (κ3) is 3.24. The zero-order valence-corrected chi connectivity index (χ0v) is 20.3. The van der Waals surface area contributed by atoms with Gasteiger partial charge < -0.3 is 4.43 Å². The number of ketones is 2. The first-order chi connectivity index (χ1) is 13.4. The van der Waals surface area contributed by atoms with Gasteiger partial charge in [0.15, 0.2) is 14.1 Å². The monoisotopic (exact) mass is 416 g/mol. The van der Waals surface area contributed by atoms with Crippen molar-refractivity contribution in [1.82, 2.24) is 0 Å². The maximum atomic E-state index is 12.7. The van der Waals surface area contributed by atoms with E-state index in [0.717, 1.165) is 38.7 Å². The van der Waals surface area contributed by atoms with Crippen LogP contribution in [0.15, 0.2) is 12.2 Å². The molecule has 162 valence electrons. The lowest BCUT2D eigenvalue weighted by Gasteiger charge is -2.59. The van der Waals surface area contributed by atoms with Gasteiger partial charge in [0.05, 0.1) is 0 Å².